The quantitative estimate of drug-likeness (QED) is 0.449. The van der Waals surface area contributed by atoms with Gasteiger partial charge in [0.1, 0.15) is 22.6 Å². The van der Waals surface area contributed by atoms with Crippen LogP contribution >= 0.6 is 19.0 Å². The topological polar surface area (TPSA) is 68.6 Å². The Morgan fingerprint density at radius 1 is 1.22 bits per heavy atom. The molecular formula is C17H14ClF3NO4P. The average Bonchev–Trinajstić information content (AvgIpc) is 2.66. The molecule has 0 spiro atoms. The molecule has 0 bridgehead atoms. The molecule has 1 atom stereocenters. The molecule has 2 aromatic carbocycles. The second-order valence-electron chi connectivity index (χ2n) is 5.55. The summed E-state index contributed by atoms with van der Waals surface area (Å²) < 4.78 is 69.0. The average molecular weight is 420 g/mol. The molecule has 0 aliphatic heterocycles. The van der Waals surface area contributed by atoms with Crippen LogP contribution in [0, 0.1) is 35.7 Å². The Balaban J connectivity index is 2.40. The van der Waals surface area contributed by atoms with E-state index in [4.69, 9.17) is 30.9 Å². The Morgan fingerprint density at radius 2 is 1.89 bits per heavy atom. The first kappa shape index (κ1) is 21.1. The molecule has 1 unspecified atom stereocenters. The number of halogens is 4. The van der Waals surface area contributed by atoms with Gasteiger partial charge in [-0.05, 0) is 19.1 Å². The van der Waals surface area contributed by atoms with Gasteiger partial charge in [-0.25, -0.2) is 8.78 Å². The maximum absolute atomic E-state index is 14.1. The number of benzene rings is 2. The Hall–Kier alpha value is -2.20. The van der Waals surface area contributed by atoms with E-state index in [9.17, 15) is 17.7 Å². The van der Waals surface area contributed by atoms with E-state index in [2.05, 4.69) is 0 Å². The van der Waals surface area contributed by atoms with Crippen molar-refractivity contribution in [1.82, 2.24) is 0 Å². The fourth-order valence-electron chi connectivity index (χ4n) is 1.95. The van der Waals surface area contributed by atoms with Gasteiger partial charge in [0.25, 0.3) is 0 Å². The van der Waals surface area contributed by atoms with E-state index >= 15 is 0 Å². The van der Waals surface area contributed by atoms with E-state index in [0.717, 1.165) is 6.92 Å². The molecule has 10 heteroatoms. The Labute approximate surface area is 158 Å². The summed E-state index contributed by atoms with van der Waals surface area (Å²) in [5.74, 6) is -5.00. The Morgan fingerprint density at radius 3 is 2.48 bits per heavy atom. The van der Waals surface area contributed by atoms with Gasteiger partial charge in [-0.15, -0.1) is 0 Å². The van der Waals surface area contributed by atoms with Crippen molar-refractivity contribution in [2.45, 2.75) is 6.92 Å². The summed E-state index contributed by atoms with van der Waals surface area (Å²) in [6.45, 7) is 2.38. The van der Waals surface area contributed by atoms with Crippen LogP contribution in [0.25, 0.3) is 0 Å². The molecule has 0 amide bonds. The lowest BCUT2D eigenvalue weighted by molar-refractivity contribution is 0.325. The van der Waals surface area contributed by atoms with E-state index < -0.39 is 41.2 Å². The Bertz CT molecular complexity index is 949. The molecular weight excluding hydrogens is 406 g/mol. The van der Waals surface area contributed by atoms with Crippen LogP contribution in [0.15, 0.2) is 18.2 Å². The highest BCUT2D eigenvalue weighted by Gasteiger charge is 2.24. The molecule has 5 nitrogen and oxygen atoms in total. The predicted molar refractivity (Wildman–Crippen MR) is 93.3 cm³/mol. The van der Waals surface area contributed by atoms with E-state index in [1.165, 1.54) is 32.0 Å². The number of hydrogen-bond acceptors (Lipinski definition) is 5. The zero-order valence-electron chi connectivity index (χ0n) is 14.5. The predicted octanol–water partition coefficient (Wildman–Crippen LogP) is 5.62. The summed E-state index contributed by atoms with van der Waals surface area (Å²) >= 11 is 5.72. The van der Waals surface area contributed by atoms with Crippen molar-refractivity contribution < 1.29 is 31.7 Å². The lowest BCUT2D eigenvalue weighted by atomic mass is 10.2. The SMILES string of the molecule is COP(C)(=O)COc1cc(Oc2c(F)c(F)c(C)c(F)c2Cl)ccc1C#N. The highest BCUT2D eigenvalue weighted by molar-refractivity contribution is 7.57. The number of nitriles is 1. The molecule has 0 saturated carbocycles. The third kappa shape index (κ3) is 4.56. The van der Waals surface area contributed by atoms with E-state index in [-0.39, 0.29) is 23.4 Å². The molecule has 0 N–H and O–H groups in total. The summed E-state index contributed by atoms with van der Waals surface area (Å²) in [6.07, 6.45) is -0.329. The molecule has 0 aliphatic carbocycles. The molecule has 2 aromatic rings. The maximum atomic E-state index is 14.1. The molecule has 2 rings (SSSR count). The van der Waals surface area contributed by atoms with Crippen LogP contribution in [0.4, 0.5) is 13.2 Å². The van der Waals surface area contributed by atoms with Gasteiger partial charge in [0, 0.05) is 25.4 Å². The van der Waals surface area contributed by atoms with Crippen LogP contribution < -0.4 is 9.47 Å². The van der Waals surface area contributed by atoms with E-state index in [1.54, 1.807) is 0 Å². The number of ether oxygens (including phenoxy) is 2. The van der Waals surface area contributed by atoms with Gasteiger partial charge >= 0.3 is 0 Å². The van der Waals surface area contributed by atoms with Gasteiger partial charge in [0.05, 0.1) is 5.56 Å². The van der Waals surface area contributed by atoms with Crippen LogP contribution in [0.5, 0.6) is 17.2 Å². The summed E-state index contributed by atoms with van der Waals surface area (Å²) in [7, 11) is -1.79. The van der Waals surface area contributed by atoms with Crippen molar-refractivity contribution in [1.29, 1.82) is 5.26 Å². The third-order valence-corrected chi connectivity index (χ3v) is 5.28. The van der Waals surface area contributed by atoms with Crippen LogP contribution in [-0.2, 0) is 9.09 Å². The van der Waals surface area contributed by atoms with E-state index in [0.29, 0.717) is 0 Å². The first-order valence-corrected chi connectivity index (χ1v) is 10.0. The van der Waals surface area contributed by atoms with Crippen molar-refractivity contribution in [3.8, 4) is 23.3 Å². The number of nitrogens with zero attached hydrogens (tertiary/aromatic N) is 1. The molecule has 0 aromatic heterocycles. The summed E-state index contributed by atoms with van der Waals surface area (Å²) in [5.41, 5.74) is -0.502. The molecule has 0 radical (unpaired) electrons. The van der Waals surface area contributed by atoms with Crippen LogP contribution in [-0.4, -0.2) is 20.1 Å². The smallest absolute Gasteiger partial charge is 0.236 e. The maximum Gasteiger partial charge on any atom is 0.236 e. The molecule has 0 fully saturated rings. The van der Waals surface area contributed by atoms with E-state index in [1.807, 2.05) is 6.07 Å². The van der Waals surface area contributed by atoms with Gasteiger partial charge in [0.2, 0.25) is 13.2 Å². The largest absolute Gasteiger partial charge is 0.482 e. The van der Waals surface area contributed by atoms with Gasteiger partial charge in [0.15, 0.2) is 23.7 Å². The minimum atomic E-state index is -3.04. The second-order valence-corrected chi connectivity index (χ2v) is 8.58. The zero-order chi connectivity index (χ0) is 20.4. The van der Waals surface area contributed by atoms with Crippen LogP contribution in [0.2, 0.25) is 5.02 Å². The van der Waals surface area contributed by atoms with Crippen molar-refractivity contribution >= 4 is 19.0 Å². The minimum Gasteiger partial charge on any atom is -0.482 e. The van der Waals surface area contributed by atoms with Gasteiger partial charge in [-0.1, -0.05) is 11.6 Å². The van der Waals surface area contributed by atoms with Crippen molar-refractivity contribution in [3.63, 3.8) is 0 Å². The molecule has 0 aliphatic rings. The van der Waals surface area contributed by atoms with Crippen molar-refractivity contribution in [2.24, 2.45) is 0 Å². The standard InChI is InChI=1S/C17H14ClF3NO4P/c1-9-14(19)13(18)17(16(21)15(9)20)26-11-5-4-10(7-22)12(6-11)25-8-27(3,23)24-2/h4-6H,8H2,1-3H3. The highest BCUT2D eigenvalue weighted by Crippen LogP contribution is 2.42. The summed E-state index contributed by atoms with van der Waals surface area (Å²) in [6, 6.07) is 5.58. The lowest BCUT2D eigenvalue weighted by Crippen LogP contribution is -2.02. The van der Waals surface area contributed by atoms with Gasteiger partial charge < -0.3 is 14.0 Å². The number of hydrogen-bond donors (Lipinski definition) is 0. The Kier molecular flexibility index (Phi) is 6.42. The third-order valence-electron chi connectivity index (χ3n) is 3.58. The van der Waals surface area contributed by atoms with Crippen molar-refractivity contribution in [2.75, 3.05) is 20.1 Å². The molecule has 0 heterocycles. The summed E-state index contributed by atoms with van der Waals surface area (Å²) in [5, 5.41) is 8.40. The second kappa shape index (κ2) is 8.22. The van der Waals surface area contributed by atoms with Crippen LogP contribution in [0.1, 0.15) is 11.1 Å². The zero-order valence-corrected chi connectivity index (χ0v) is 16.1. The lowest BCUT2D eigenvalue weighted by Gasteiger charge is -2.15. The first-order valence-electron chi connectivity index (χ1n) is 7.41. The van der Waals surface area contributed by atoms with Gasteiger partial charge in [-0.2, -0.15) is 9.65 Å². The molecule has 0 saturated heterocycles. The van der Waals surface area contributed by atoms with Crippen molar-refractivity contribution in [3.05, 3.63) is 51.8 Å². The molecule has 144 valence electrons. The minimum absolute atomic E-state index is 0.0290. The molecule has 27 heavy (non-hydrogen) atoms. The normalized spacial score (nSPS) is 13.0. The highest BCUT2D eigenvalue weighted by atomic mass is 35.5. The first-order chi connectivity index (χ1) is 12.6. The number of rotatable bonds is 6. The van der Waals surface area contributed by atoms with Crippen LogP contribution in [0.3, 0.4) is 0 Å². The summed E-state index contributed by atoms with van der Waals surface area (Å²) in [4.78, 5) is 0. The van der Waals surface area contributed by atoms with Gasteiger partial charge in [-0.3, -0.25) is 4.57 Å². The monoisotopic (exact) mass is 419 g/mol. The fraction of sp³-hybridized carbons (Fsp3) is 0.235. The fourth-order valence-corrected chi connectivity index (χ4v) is 2.69.